The van der Waals surface area contributed by atoms with Crippen LogP contribution in [0.15, 0.2) is 105 Å². The molecule has 0 aliphatic heterocycles. The molecular formula is C37H37N. The fourth-order valence-electron chi connectivity index (χ4n) is 5.64. The van der Waals surface area contributed by atoms with Crippen molar-refractivity contribution in [1.82, 2.24) is 0 Å². The van der Waals surface area contributed by atoms with Crippen molar-refractivity contribution < 1.29 is 0 Å². The third-order valence-corrected chi connectivity index (χ3v) is 7.95. The first-order valence-electron chi connectivity index (χ1n) is 13.3. The minimum absolute atomic E-state index is 0.567. The summed E-state index contributed by atoms with van der Waals surface area (Å²) in [7, 11) is 0. The molecule has 0 saturated heterocycles. The van der Waals surface area contributed by atoms with Gasteiger partial charge in [0.25, 0.3) is 0 Å². The standard InChI is InChI=1S/C37H37N/c1-24(2)34-17-11-30(20-27(34)5)21-28-7-13-32(14-8-28)37(6,38)33-15-9-29(10-16-33)22-31-12-18-35-25(3)19-26(4)36(35)23-31/h7-18,20,23H,1,3-4,19,21-22,38H2,2,5-6H3. The number of aryl methyl sites for hydroxylation is 1. The maximum atomic E-state index is 6.89. The zero-order valence-electron chi connectivity index (χ0n) is 22.9. The van der Waals surface area contributed by atoms with Crippen LogP contribution in [-0.2, 0) is 18.4 Å². The molecule has 38 heavy (non-hydrogen) atoms. The van der Waals surface area contributed by atoms with Gasteiger partial charge in [0.1, 0.15) is 0 Å². The summed E-state index contributed by atoms with van der Waals surface area (Å²) < 4.78 is 0. The van der Waals surface area contributed by atoms with Crippen LogP contribution in [0, 0.1) is 6.92 Å². The van der Waals surface area contributed by atoms with Gasteiger partial charge < -0.3 is 5.73 Å². The van der Waals surface area contributed by atoms with Gasteiger partial charge in [0, 0.05) is 0 Å². The summed E-state index contributed by atoms with van der Waals surface area (Å²) in [4.78, 5) is 0. The van der Waals surface area contributed by atoms with Gasteiger partial charge in [-0.2, -0.15) is 0 Å². The van der Waals surface area contributed by atoms with Crippen molar-refractivity contribution in [2.45, 2.75) is 45.6 Å². The molecule has 0 saturated carbocycles. The molecule has 4 aromatic rings. The van der Waals surface area contributed by atoms with Crippen LogP contribution < -0.4 is 5.73 Å². The van der Waals surface area contributed by atoms with Crippen molar-refractivity contribution in [2.75, 3.05) is 0 Å². The van der Waals surface area contributed by atoms with E-state index in [2.05, 4.69) is 125 Å². The number of nitrogens with two attached hydrogens (primary N) is 1. The van der Waals surface area contributed by atoms with Gasteiger partial charge in [-0.15, -0.1) is 0 Å². The van der Waals surface area contributed by atoms with E-state index in [1.807, 2.05) is 0 Å². The zero-order valence-corrected chi connectivity index (χ0v) is 22.9. The van der Waals surface area contributed by atoms with Gasteiger partial charge >= 0.3 is 0 Å². The predicted octanol–water partition coefficient (Wildman–Crippen LogP) is 8.86. The lowest BCUT2D eigenvalue weighted by Crippen LogP contribution is -2.34. The van der Waals surface area contributed by atoms with Gasteiger partial charge in [-0.1, -0.05) is 110 Å². The third-order valence-electron chi connectivity index (χ3n) is 7.95. The van der Waals surface area contributed by atoms with Crippen LogP contribution in [0.2, 0.25) is 0 Å². The molecule has 0 bridgehead atoms. The second kappa shape index (κ2) is 10.1. The van der Waals surface area contributed by atoms with Gasteiger partial charge in [0.05, 0.1) is 5.54 Å². The molecule has 4 aromatic carbocycles. The largest absolute Gasteiger partial charge is 0.318 e. The van der Waals surface area contributed by atoms with Crippen molar-refractivity contribution in [3.63, 3.8) is 0 Å². The minimum Gasteiger partial charge on any atom is -0.318 e. The van der Waals surface area contributed by atoms with Crippen LogP contribution in [-0.4, -0.2) is 0 Å². The van der Waals surface area contributed by atoms with Crippen LogP contribution in [0.25, 0.3) is 16.7 Å². The monoisotopic (exact) mass is 495 g/mol. The molecule has 5 rings (SSSR count). The Morgan fingerprint density at radius 2 is 1.18 bits per heavy atom. The Labute approximate surface area is 228 Å². The van der Waals surface area contributed by atoms with E-state index in [1.165, 1.54) is 55.7 Å². The van der Waals surface area contributed by atoms with Gasteiger partial charge in [-0.25, -0.2) is 0 Å². The van der Waals surface area contributed by atoms with E-state index >= 15 is 0 Å². The zero-order chi connectivity index (χ0) is 27.0. The third kappa shape index (κ3) is 5.08. The number of allylic oxidation sites excluding steroid dienone is 3. The summed E-state index contributed by atoms with van der Waals surface area (Å²) in [6, 6.07) is 30.8. The highest BCUT2D eigenvalue weighted by Crippen LogP contribution is 2.39. The number of hydrogen-bond acceptors (Lipinski definition) is 1. The Hall–Kier alpha value is -3.94. The van der Waals surface area contributed by atoms with Crippen molar-refractivity contribution in [3.05, 3.63) is 160 Å². The first-order valence-corrected chi connectivity index (χ1v) is 13.3. The molecule has 0 radical (unpaired) electrons. The molecule has 1 aliphatic carbocycles. The van der Waals surface area contributed by atoms with E-state index in [-0.39, 0.29) is 0 Å². The average Bonchev–Trinajstić information content (AvgIpc) is 3.17. The number of hydrogen-bond donors (Lipinski definition) is 1. The van der Waals surface area contributed by atoms with Crippen molar-refractivity contribution >= 4 is 16.7 Å². The summed E-state index contributed by atoms with van der Waals surface area (Å²) in [6.45, 7) is 18.8. The smallest absolute Gasteiger partial charge is 0.0636 e. The summed E-state index contributed by atoms with van der Waals surface area (Å²) in [5.41, 5.74) is 22.2. The van der Waals surface area contributed by atoms with Crippen LogP contribution in [0.5, 0.6) is 0 Å². The van der Waals surface area contributed by atoms with Crippen molar-refractivity contribution in [1.29, 1.82) is 0 Å². The Morgan fingerprint density at radius 3 is 1.71 bits per heavy atom. The maximum absolute atomic E-state index is 6.89. The molecular weight excluding hydrogens is 458 g/mol. The van der Waals surface area contributed by atoms with E-state index < -0.39 is 5.54 Å². The molecule has 1 heteroatoms. The van der Waals surface area contributed by atoms with E-state index in [4.69, 9.17) is 5.73 Å². The topological polar surface area (TPSA) is 26.0 Å². The molecule has 0 aromatic heterocycles. The summed E-state index contributed by atoms with van der Waals surface area (Å²) >= 11 is 0. The molecule has 1 nitrogen and oxygen atoms in total. The SMILES string of the molecule is C=C(C)c1ccc(Cc2ccc(C(C)(N)c3ccc(Cc4ccc5c(c4)C(=C)CC5=C)cc3)cc2)cc1C. The molecule has 190 valence electrons. The lowest BCUT2D eigenvalue weighted by molar-refractivity contribution is 0.602. The Balaban J connectivity index is 1.28. The van der Waals surface area contributed by atoms with Crippen LogP contribution in [0.1, 0.15) is 75.9 Å². The highest BCUT2D eigenvalue weighted by atomic mass is 14.7. The Morgan fingerprint density at radius 1 is 0.711 bits per heavy atom. The molecule has 1 unspecified atom stereocenters. The number of rotatable bonds is 7. The second-order valence-electron chi connectivity index (χ2n) is 11.1. The molecule has 0 amide bonds. The highest BCUT2D eigenvalue weighted by molar-refractivity contribution is 5.91. The number of fused-ring (bicyclic) bond motifs is 1. The molecule has 0 heterocycles. The summed E-state index contributed by atoms with van der Waals surface area (Å²) in [5, 5.41) is 0. The van der Waals surface area contributed by atoms with Gasteiger partial charge in [0.15, 0.2) is 0 Å². The molecule has 0 spiro atoms. The molecule has 0 fully saturated rings. The average molecular weight is 496 g/mol. The summed E-state index contributed by atoms with van der Waals surface area (Å²) in [6.07, 6.45) is 2.67. The van der Waals surface area contributed by atoms with Crippen LogP contribution >= 0.6 is 0 Å². The fourth-order valence-corrected chi connectivity index (χ4v) is 5.64. The van der Waals surface area contributed by atoms with E-state index in [0.717, 1.165) is 36.0 Å². The van der Waals surface area contributed by atoms with Gasteiger partial charge in [-0.3, -0.25) is 0 Å². The number of benzene rings is 4. The highest BCUT2D eigenvalue weighted by Gasteiger charge is 2.24. The van der Waals surface area contributed by atoms with Crippen molar-refractivity contribution in [2.24, 2.45) is 5.73 Å². The first kappa shape index (κ1) is 25.7. The normalized spacial score (nSPS) is 14.3. The lowest BCUT2D eigenvalue weighted by atomic mass is 9.84. The molecule has 2 N–H and O–H groups in total. The Bertz CT molecular complexity index is 1550. The van der Waals surface area contributed by atoms with Crippen LogP contribution in [0.3, 0.4) is 0 Å². The summed E-state index contributed by atoms with van der Waals surface area (Å²) in [5.74, 6) is 0. The van der Waals surface area contributed by atoms with E-state index in [1.54, 1.807) is 0 Å². The van der Waals surface area contributed by atoms with E-state index in [0.29, 0.717) is 0 Å². The first-order chi connectivity index (χ1) is 18.1. The lowest BCUT2D eigenvalue weighted by Gasteiger charge is -2.26. The fraction of sp³-hybridized carbons (Fsp3) is 0.189. The maximum Gasteiger partial charge on any atom is 0.0636 e. The molecule has 1 aliphatic rings. The Kier molecular flexibility index (Phi) is 6.82. The van der Waals surface area contributed by atoms with Crippen molar-refractivity contribution in [3.8, 4) is 0 Å². The predicted molar refractivity (Wildman–Crippen MR) is 164 cm³/mol. The second-order valence-corrected chi connectivity index (χ2v) is 11.1. The molecule has 1 atom stereocenters. The van der Waals surface area contributed by atoms with Gasteiger partial charge in [-0.05, 0) is 107 Å². The quantitative estimate of drug-likeness (QED) is 0.272. The minimum atomic E-state index is -0.567. The van der Waals surface area contributed by atoms with Gasteiger partial charge in [0.2, 0.25) is 0 Å². The van der Waals surface area contributed by atoms with Crippen LogP contribution in [0.4, 0.5) is 0 Å². The van der Waals surface area contributed by atoms with E-state index in [9.17, 15) is 0 Å².